The van der Waals surface area contributed by atoms with Crippen molar-refractivity contribution < 1.29 is 9.29 Å². The lowest BCUT2D eigenvalue weighted by Crippen LogP contribution is -2.13. The minimum absolute atomic E-state index is 0.551. The smallest absolute Gasteiger partial charge is 0.165 e. The standard InChI is InChI=1S/C20H42O2S/c1-23(2,3)22-20(21)18-14-9-7-5-4-6-8-11-15-19-16-12-10-13-17-19/h19-21H,4-18H2,1-3H3. The number of aliphatic hydroxyl groups excluding tert-OH is 1. The molecule has 2 nitrogen and oxygen atoms in total. The molecule has 1 rings (SSSR count). The predicted molar refractivity (Wildman–Crippen MR) is 105 cm³/mol. The molecule has 0 aromatic rings. The zero-order valence-corrected chi connectivity index (χ0v) is 16.8. The third-order valence-electron chi connectivity index (χ3n) is 4.94. The zero-order chi connectivity index (χ0) is 17.0. The second-order valence-corrected chi connectivity index (χ2v) is 11.8. The van der Waals surface area contributed by atoms with Gasteiger partial charge in [0.05, 0.1) is 0 Å². The van der Waals surface area contributed by atoms with E-state index in [4.69, 9.17) is 4.18 Å². The van der Waals surface area contributed by atoms with Gasteiger partial charge >= 0.3 is 0 Å². The van der Waals surface area contributed by atoms with E-state index in [9.17, 15) is 5.11 Å². The van der Waals surface area contributed by atoms with Crippen LogP contribution in [0.15, 0.2) is 0 Å². The molecule has 1 saturated carbocycles. The van der Waals surface area contributed by atoms with Crippen LogP contribution >= 0.6 is 10.3 Å². The van der Waals surface area contributed by atoms with Crippen molar-refractivity contribution >= 4 is 10.3 Å². The molecule has 1 fully saturated rings. The lowest BCUT2D eigenvalue weighted by Gasteiger charge is -2.28. The van der Waals surface area contributed by atoms with Gasteiger partial charge in [-0.25, -0.2) is 0 Å². The molecule has 1 aliphatic carbocycles. The van der Waals surface area contributed by atoms with E-state index >= 15 is 0 Å². The number of hydrogen-bond acceptors (Lipinski definition) is 2. The third kappa shape index (κ3) is 13.3. The minimum atomic E-state index is -1.04. The summed E-state index contributed by atoms with van der Waals surface area (Å²) in [7, 11) is -1.04. The van der Waals surface area contributed by atoms with Crippen LogP contribution in [0.3, 0.4) is 0 Å². The Morgan fingerprint density at radius 3 is 1.91 bits per heavy atom. The van der Waals surface area contributed by atoms with Gasteiger partial charge in [-0.2, -0.15) is 0 Å². The van der Waals surface area contributed by atoms with Gasteiger partial charge in [-0.05, 0) is 37.5 Å². The number of hydrogen-bond donors (Lipinski definition) is 1. The molecule has 3 heteroatoms. The number of rotatable bonds is 13. The molecule has 0 spiro atoms. The molecule has 23 heavy (non-hydrogen) atoms. The van der Waals surface area contributed by atoms with Crippen molar-refractivity contribution in [3.63, 3.8) is 0 Å². The third-order valence-corrected chi connectivity index (χ3v) is 5.74. The summed E-state index contributed by atoms with van der Waals surface area (Å²) in [6, 6.07) is 0. The molecule has 1 aliphatic rings. The molecular formula is C20H42O2S. The van der Waals surface area contributed by atoms with Crippen molar-refractivity contribution in [2.75, 3.05) is 18.8 Å². The lowest BCUT2D eigenvalue weighted by molar-refractivity contribution is -0.0129. The molecule has 0 amide bonds. The van der Waals surface area contributed by atoms with Crippen LogP contribution in [0.2, 0.25) is 0 Å². The SMILES string of the molecule is CS(C)(C)OC(O)CCCCCCCCCCC1CCCCC1. The number of unbranched alkanes of at least 4 members (excludes halogenated alkanes) is 7. The Morgan fingerprint density at radius 2 is 1.35 bits per heavy atom. The maximum absolute atomic E-state index is 9.79. The molecule has 0 bridgehead atoms. The summed E-state index contributed by atoms with van der Waals surface area (Å²) in [6.07, 6.45) is 26.2. The molecule has 0 radical (unpaired) electrons. The van der Waals surface area contributed by atoms with E-state index in [1.54, 1.807) is 0 Å². The van der Waals surface area contributed by atoms with Crippen LogP contribution in [0.25, 0.3) is 0 Å². The molecule has 0 aliphatic heterocycles. The highest BCUT2D eigenvalue weighted by atomic mass is 32.3. The highest BCUT2D eigenvalue weighted by Crippen LogP contribution is 2.37. The summed E-state index contributed by atoms with van der Waals surface area (Å²) in [5.74, 6) is 1.06. The topological polar surface area (TPSA) is 29.5 Å². The first-order valence-electron chi connectivity index (χ1n) is 10.0. The van der Waals surface area contributed by atoms with Gasteiger partial charge in [0.1, 0.15) is 0 Å². The molecule has 140 valence electrons. The van der Waals surface area contributed by atoms with Crippen LogP contribution in [0.4, 0.5) is 0 Å². The van der Waals surface area contributed by atoms with Crippen LogP contribution < -0.4 is 0 Å². The fourth-order valence-corrected chi connectivity index (χ4v) is 4.43. The maximum Gasteiger partial charge on any atom is 0.165 e. The van der Waals surface area contributed by atoms with Crippen LogP contribution in [-0.2, 0) is 4.18 Å². The first-order chi connectivity index (χ1) is 11.0. The van der Waals surface area contributed by atoms with E-state index in [1.165, 1.54) is 83.5 Å². The van der Waals surface area contributed by atoms with E-state index in [0.29, 0.717) is 0 Å². The average Bonchev–Trinajstić information content (AvgIpc) is 2.48. The highest BCUT2D eigenvalue weighted by Gasteiger charge is 2.13. The van der Waals surface area contributed by atoms with Gasteiger partial charge in [0.2, 0.25) is 0 Å². The minimum Gasteiger partial charge on any atom is -0.367 e. The summed E-state index contributed by atoms with van der Waals surface area (Å²) >= 11 is 0. The molecule has 0 aromatic heterocycles. The molecule has 1 N–H and O–H groups in total. The van der Waals surface area contributed by atoms with Crippen molar-refractivity contribution in [2.24, 2.45) is 5.92 Å². The second-order valence-electron chi connectivity index (χ2n) is 8.19. The summed E-state index contributed by atoms with van der Waals surface area (Å²) in [6.45, 7) is 0. The van der Waals surface area contributed by atoms with Crippen LogP contribution in [-0.4, -0.2) is 30.2 Å². The van der Waals surface area contributed by atoms with Gasteiger partial charge in [-0.1, -0.05) is 83.5 Å². The molecule has 1 unspecified atom stereocenters. The van der Waals surface area contributed by atoms with Crippen molar-refractivity contribution in [2.45, 2.75) is 103 Å². The summed E-state index contributed by atoms with van der Waals surface area (Å²) in [5, 5.41) is 9.79. The Labute approximate surface area is 147 Å². The van der Waals surface area contributed by atoms with Gasteiger partial charge in [-0.15, -0.1) is 10.3 Å². The van der Waals surface area contributed by atoms with Gasteiger partial charge in [-0.3, -0.25) is 0 Å². The quantitative estimate of drug-likeness (QED) is 0.308. The van der Waals surface area contributed by atoms with Crippen LogP contribution in [0.5, 0.6) is 0 Å². The van der Waals surface area contributed by atoms with Crippen LogP contribution in [0.1, 0.15) is 96.3 Å². The van der Waals surface area contributed by atoms with Crippen molar-refractivity contribution in [1.82, 2.24) is 0 Å². The van der Waals surface area contributed by atoms with Crippen molar-refractivity contribution in [3.05, 3.63) is 0 Å². The Balaban J connectivity index is 1.79. The molecule has 0 heterocycles. The summed E-state index contributed by atoms with van der Waals surface area (Å²) in [5.41, 5.74) is 0. The van der Waals surface area contributed by atoms with Gasteiger partial charge in [0.15, 0.2) is 6.29 Å². The van der Waals surface area contributed by atoms with E-state index in [0.717, 1.165) is 18.8 Å². The average molecular weight is 347 g/mol. The molecule has 0 aromatic carbocycles. The monoisotopic (exact) mass is 346 g/mol. The molecule has 0 saturated heterocycles. The van der Waals surface area contributed by atoms with E-state index in [1.807, 2.05) is 0 Å². The predicted octanol–water partition coefficient (Wildman–Crippen LogP) is 6.41. The maximum atomic E-state index is 9.79. The first-order valence-corrected chi connectivity index (χ1v) is 12.8. The van der Waals surface area contributed by atoms with E-state index in [-0.39, 0.29) is 0 Å². The molecular weight excluding hydrogens is 304 g/mol. The Bertz CT molecular complexity index is 269. The van der Waals surface area contributed by atoms with Gasteiger partial charge in [0.25, 0.3) is 0 Å². The van der Waals surface area contributed by atoms with Gasteiger partial charge < -0.3 is 9.29 Å². The van der Waals surface area contributed by atoms with E-state index in [2.05, 4.69) is 18.8 Å². The second kappa shape index (κ2) is 12.6. The van der Waals surface area contributed by atoms with Gasteiger partial charge in [0, 0.05) is 0 Å². The summed E-state index contributed by atoms with van der Waals surface area (Å²) in [4.78, 5) is 0. The zero-order valence-electron chi connectivity index (χ0n) is 16.0. The van der Waals surface area contributed by atoms with Crippen LogP contribution in [0, 0.1) is 5.92 Å². The normalized spacial score (nSPS) is 19.0. The van der Waals surface area contributed by atoms with Crippen molar-refractivity contribution in [1.29, 1.82) is 0 Å². The fraction of sp³-hybridized carbons (Fsp3) is 1.00. The molecule has 1 atom stereocenters. The Hall–Kier alpha value is 0.270. The largest absolute Gasteiger partial charge is 0.367 e. The van der Waals surface area contributed by atoms with E-state index < -0.39 is 16.6 Å². The Morgan fingerprint density at radius 1 is 0.826 bits per heavy atom. The first kappa shape index (κ1) is 21.3. The number of aliphatic hydroxyl groups is 1. The Kier molecular flexibility index (Phi) is 11.7. The summed E-state index contributed by atoms with van der Waals surface area (Å²) < 4.78 is 5.60. The lowest BCUT2D eigenvalue weighted by atomic mass is 9.85. The fourth-order valence-electron chi connectivity index (χ4n) is 3.67. The van der Waals surface area contributed by atoms with Crippen molar-refractivity contribution in [3.8, 4) is 0 Å². The highest BCUT2D eigenvalue weighted by molar-refractivity contribution is 8.28.